The Morgan fingerprint density at radius 1 is 0.442 bits per heavy atom. The molecule has 1 fully saturated rings. The lowest BCUT2D eigenvalue weighted by Crippen LogP contribution is -2.61. The molecule has 6 unspecified atom stereocenters. The summed E-state index contributed by atoms with van der Waals surface area (Å²) >= 11 is 0. The Kier molecular flexibility index (Phi) is 47.6. The third-order valence-corrected chi connectivity index (χ3v) is 12.8. The number of rotatable bonds is 49. The fourth-order valence-electron chi connectivity index (χ4n) is 8.29. The normalized spacial score (nSPS) is 18.8. The molecule has 0 spiro atoms. The number of allylic oxidation sites excluding steroid dienone is 18. The van der Waals surface area contributed by atoms with Gasteiger partial charge in [-0.1, -0.05) is 201 Å². The van der Waals surface area contributed by atoms with E-state index in [2.05, 4.69) is 124 Å². The van der Waals surface area contributed by atoms with E-state index in [-0.39, 0.29) is 25.9 Å². The van der Waals surface area contributed by atoms with Gasteiger partial charge in [-0.2, -0.15) is 0 Å². The van der Waals surface area contributed by atoms with Crippen LogP contribution in [0.1, 0.15) is 226 Å². The molecule has 1 aliphatic heterocycles. The SMILES string of the molecule is CC/C=C\C/C=C\C/C=C\C/C=C\C/C=C\CCCC(=O)OCC(COC1OC(C(=O)O)C(O)C(O)C1OC(=O)CCCCCCC/C=C\C/C=C\C/C=C\CC)OC(=O)CCCCCCC/C=C\CCCCCCCC. The first-order valence-corrected chi connectivity index (χ1v) is 29.9. The summed E-state index contributed by atoms with van der Waals surface area (Å²) in [5, 5.41) is 31.5. The summed E-state index contributed by atoms with van der Waals surface area (Å²) in [6, 6.07) is 0. The molecule has 1 rings (SSSR count). The highest BCUT2D eigenvalue weighted by atomic mass is 16.7. The molecule has 12 nitrogen and oxygen atoms in total. The molecule has 0 radical (unpaired) electrons. The average molecular weight is 1080 g/mol. The number of carbonyl (C=O) groups is 4. The first-order valence-electron chi connectivity index (χ1n) is 29.9. The number of carboxylic acids is 1. The van der Waals surface area contributed by atoms with E-state index in [0.29, 0.717) is 25.7 Å². The van der Waals surface area contributed by atoms with Crippen LogP contribution in [0.5, 0.6) is 0 Å². The van der Waals surface area contributed by atoms with Crippen LogP contribution in [0.25, 0.3) is 0 Å². The Bertz CT molecular complexity index is 1750. The number of aliphatic carboxylic acids is 1. The fourth-order valence-corrected chi connectivity index (χ4v) is 8.29. The summed E-state index contributed by atoms with van der Waals surface area (Å²) < 4.78 is 28.4. The topological polar surface area (TPSA) is 175 Å². The molecule has 77 heavy (non-hydrogen) atoms. The number of carboxylic acid groups (broad SMARTS) is 1. The molecule has 0 bridgehead atoms. The third-order valence-electron chi connectivity index (χ3n) is 12.8. The molecule has 3 N–H and O–H groups in total. The van der Waals surface area contributed by atoms with Crippen molar-refractivity contribution in [2.45, 2.75) is 263 Å². The number of hydrogen-bond acceptors (Lipinski definition) is 11. The molecule has 0 amide bonds. The minimum absolute atomic E-state index is 0.0295. The Labute approximate surface area is 465 Å². The number of carbonyl (C=O) groups excluding carboxylic acids is 3. The van der Waals surface area contributed by atoms with Crippen LogP contribution in [0.2, 0.25) is 0 Å². The summed E-state index contributed by atoms with van der Waals surface area (Å²) in [6.45, 7) is 5.69. The van der Waals surface area contributed by atoms with Gasteiger partial charge in [0.25, 0.3) is 0 Å². The lowest BCUT2D eigenvalue weighted by atomic mass is 9.98. The van der Waals surface area contributed by atoms with E-state index in [1.165, 1.54) is 38.5 Å². The third kappa shape index (κ3) is 42.1. The van der Waals surface area contributed by atoms with Gasteiger partial charge < -0.3 is 39.0 Å². The summed E-state index contributed by atoms with van der Waals surface area (Å²) in [7, 11) is 0. The van der Waals surface area contributed by atoms with E-state index in [1.54, 1.807) is 0 Å². The molecule has 436 valence electrons. The predicted molar refractivity (Wildman–Crippen MR) is 312 cm³/mol. The van der Waals surface area contributed by atoms with Gasteiger partial charge in [-0.05, 0) is 116 Å². The number of hydrogen-bond donors (Lipinski definition) is 3. The van der Waals surface area contributed by atoms with Crippen molar-refractivity contribution in [3.8, 4) is 0 Å². The zero-order valence-corrected chi connectivity index (χ0v) is 47.9. The molecule has 0 aromatic rings. The molecule has 0 aromatic heterocycles. The minimum Gasteiger partial charge on any atom is -0.479 e. The van der Waals surface area contributed by atoms with Crippen LogP contribution >= 0.6 is 0 Å². The first kappa shape index (κ1) is 70.4. The van der Waals surface area contributed by atoms with Crippen molar-refractivity contribution >= 4 is 23.9 Å². The second-order valence-corrected chi connectivity index (χ2v) is 19.9. The second-order valence-electron chi connectivity index (χ2n) is 19.9. The molecule has 6 atom stereocenters. The van der Waals surface area contributed by atoms with Gasteiger partial charge in [-0.3, -0.25) is 14.4 Å². The summed E-state index contributed by atoms with van der Waals surface area (Å²) in [6.07, 6.45) is 57.7. The van der Waals surface area contributed by atoms with E-state index in [4.69, 9.17) is 23.7 Å². The van der Waals surface area contributed by atoms with E-state index >= 15 is 0 Å². The zero-order valence-electron chi connectivity index (χ0n) is 47.9. The van der Waals surface area contributed by atoms with Gasteiger partial charge in [-0.25, -0.2) is 4.79 Å². The highest BCUT2D eigenvalue weighted by Gasteiger charge is 2.50. The Morgan fingerprint density at radius 2 is 0.831 bits per heavy atom. The van der Waals surface area contributed by atoms with Gasteiger partial charge in [0, 0.05) is 19.3 Å². The molecule has 12 heteroatoms. The van der Waals surface area contributed by atoms with Crippen molar-refractivity contribution in [1.29, 1.82) is 0 Å². The van der Waals surface area contributed by atoms with Crippen molar-refractivity contribution in [3.63, 3.8) is 0 Å². The molecule has 1 saturated heterocycles. The molecule has 1 heterocycles. The second kappa shape index (κ2) is 52.1. The number of aliphatic hydroxyl groups excluding tert-OH is 2. The number of ether oxygens (including phenoxy) is 5. The lowest BCUT2D eigenvalue weighted by Gasteiger charge is -2.40. The molecule has 1 aliphatic rings. The van der Waals surface area contributed by atoms with Gasteiger partial charge in [-0.15, -0.1) is 0 Å². The maximum atomic E-state index is 13.2. The zero-order chi connectivity index (χ0) is 56.1. The summed E-state index contributed by atoms with van der Waals surface area (Å²) in [5.41, 5.74) is 0. The monoisotopic (exact) mass is 1080 g/mol. The predicted octanol–water partition coefficient (Wildman–Crippen LogP) is 15.4. The van der Waals surface area contributed by atoms with E-state index in [1.807, 2.05) is 6.08 Å². The maximum Gasteiger partial charge on any atom is 0.335 e. The summed E-state index contributed by atoms with van der Waals surface area (Å²) in [5.74, 6) is -3.24. The van der Waals surface area contributed by atoms with Gasteiger partial charge >= 0.3 is 23.9 Å². The van der Waals surface area contributed by atoms with Gasteiger partial charge in [0.2, 0.25) is 0 Å². The van der Waals surface area contributed by atoms with Gasteiger partial charge in [0.05, 0.1) is 6.61 Å². The Balaban J connectivity index is 2.75. The van der Waals surface area contributed by atoms with Gasteiger partial charge in [0.15, 0.2) is 24.6 Å². The van der Waals surface area contributed by atoms with Crippen LogP contribution in [-0.4, -0.2) is 89.2 Å². The molecule has 0 aliphatic carbocycles. The van der Waals surface area contributed by atoms with E-state index in [9.17, 15) is 34.5 Å². The van der Waals surface area contributed by atoms with Crippen molar-refractivity contribution in [2.75, 3.05) is 13.2 Å². The van der Waals surface area contributed by atoms with Crippen LogP contribution < -0.4 is 0 Å². The highest BCUT2D eigenvalue weighted by Crippen LogP contribution is 2.26. The number of unbranched alkanes of at least 4 members (excludes halogenated alkanes) is 17. The molecular weight excluding hydrogens is 973 g/mol. The van der Waals surface area contributed by atoms with Crippen LogP contribution in [0.15, 0.2) is 109 Å². The smallest absolute Gasteiger partial charge is 0.335 e. The van der Waals surface area contributed by atoms with Crippen molar-refractivity contribution < 1.29 is 58.2 Å². The fraction of sp³-hybridized carbons (Fsp3) is 0.662. The number of aliphatic hydroxyl groups is 2. The molecule has 0 aromatic carbocycles. The number of esters is 3. The minimum atomic E-state index is -1.92. The van der Waals surface area contributed by atoms with Crippen LogP contribution in [0, 0.1) is 0 Å². The van der Waals surface area contributed by atoms with Gasteiger partial charge in [0.1, 0.15) is 18.8 Å². The van der Waals surface area contributed by atoms with Crippen molar-refractivity contribution in [2.24, 2.45) is 0 Å². The quantitative estimate of drug-likeness (QED) is 0.0228. The van der Waals surface area contributed by atoms with Crippen molar-refractivity contribution in [1.82, 2.24) is 0 Å². The molecular formula is C65H104O12. The van der Waals surface area contributed by atoms with E-state index in [0.717, 1.165) is 122 Å². The lowest BCUT2D eigenvalue weighted by molar-refractivity contribution is -0.301. The highest BCUT2D eigenvalue weighted by molar-refractivity contribution is 5.74. The van der Waals surface area contributed by atoms with Crippen LogP contribution in [0.3, 0.4) is 0 Å². The molecule has 0 saturated carbocycles. The first-order chi connectivity index (χ1) is 37.6. The summed E-state index contributed by atoms with van der Waals surface area (Å²) in [4.78, 5) is 51.1. The maximum absolute atomic E-state index is 13.2. The average Bonchev–Trinajstić information content (AvgIpc) is 3.42. The van der Waals surface area contributed by atoms with Crippen LogP contribution in [-0.2, 0) is 42.9 Å². The van der Waals surface area contributed by atoms with Crippen LogP contribution in [0.4, 0.5) is 0 Å². The van der Waals surface area contributed by atoms with E-state index < -0.39 is 67.3 Å². The van der Waals surface area contributed by atoms with Crippen molar-refractivity contribution in [3.05, 3.63) is 109 Å². The standard InChI is InChI=1S/C65H104O12/c1-4-7-10-13-16-19-22-25-28-29-32-33-36-39-42-45-48-51-57(66)73-54-56(75-58(67)52-49-46-43-40-37-34-30-26-23-20-17-14-11-8-5-2)55-74-65-63(61(70)60(69)62(77-65)64(71)72)76-59(68)53-50-47-44-41-38-35-31-27-24-21-18-15-12-9-6-3/h7,9-10,12,16,18-19,21,25-28,30-33,39,42,56,60-63,65,69-70H,4-6,8,11,13-15,17,20,22-24,29,34-38,40-41,43-55H2,1-3H3,(H,71,72)/b10-7-,12-9-,19-16-,21-18-,28-25-,30-26-,31-27-,33-32-,42-39-. The largest absolute Gasteiger partial charge is 0.479 e. The Morgan fingerprint density at radius 3 is 1.30 bits per heavy atom. The Hall–Kier alpha value is -4.62.